The third-order valence-electron chi connectivity index (χ3n) is 3.19. The van der Waals surface area contributed by atoms with Crippen LogP contribution in [-0.4, -0.2) is 25.3 Å². The van der Waals surface area contributed by atoms with E-state index in [0.717, 1.165) is 5.56 Å². The van der Waals surface area contributed by atoms with E-state index >= 15 is 0 Å². The number of benzene rings is 2. The smallest absolute Gasteiger partial charge is 0.335 e. The summed E-state index contributed by atoms with van der Waals surface area (Å²) in [6, 6.07) is 8.04. The van der Waals surface area contributed by atoms with Crippen molar-refractivity contribution in [3.8, 4) is 11.5 Å². The molecule has 23 heavy (non-hydrogen) atoms. The Bertz CT molecular complexity index is 711. The topological polar surface area (TPSA) is 67.8 Å². The highest BCUT2D eigenvalue weighted by Gasteiger charge is 2.11. The maximum absolute atomic E-state index is 11.1. The van der Waals surface area contributed by atoms with Crippen LogP contribution >= 0.6 is 23.2 Å². The van der Waals surface area contributed by atoms with Gasteiger partial charge < -0.3 is 19.9 Å². The van der Waals surface area contributed by atoms with E-state index in [1.807, 2.05) is 0 Å². The van der Waals surface area contributed by atoms with Crippen LogP contribution in [0.3, 0.4) is 0 Å². The van der Waals surface area contributed by atoms with Gasteiger partial charge in [-0.2, -0.15) is 0 Å². The van der Waals surface area contributed by atoms with Crippen molar-refractivity contribution in [2.75, 3.05) is 19.5 Å². The third kappa shape index (κ3) is 4.00. The van der Waals surface area contributed by atoms with E-state index in [1.165, 1.54) is 26.4 Å². The van der Waals surface area contributed by atoms with Gasteiger partial charge >= 0.3 is 5.97 Å². The highest BCUT2D eigenvalue weighted by atomic mass is 35.5. The van der Waals surface area contributed by atoms with Crippen LogP contribution in [0.2, 0.25) is 10.0 Å². The average Bonchev–Trinajstić information content (AvgIpc) is 2.52. The van der Waals surface area contributed by atoms with Crippen molar-refractivity contribution >= 4 is 34.9 Å². The molecule has 0 bridgehead atoms. The summed E-state index contributed by atoms with van der Waals surface area (Å²) in [6.45, 7) is 0.392. The lowest BCUT2D eigenvalue weighted by Crippen LogP contribution is -2.04. The molecule has 2 aromatic carbocycles. The number of carboxylic acids is 1. The quantitative estimate of drug-likeness (QED) is 0.807. The number of aromatic carboxylic acids is 1. The molecule has 0 unspecified atom stereocenters. The molecule has 7 heteroatoms. The van der Waals surface area contributed by atoms with Crippen LogP contribution in [0.4, 0.5) is 5.69 Å². The van der Waals surface area contributed by atoms with Crippen molar-refractivity contribution in [1.82, 2.24) is 0 Å². The van der Waals surface area contributed by atoms with Gasteiger partial charge in [0.2, 0.25) is 0 Å². The van der Waals surface area contributed by atoms with Crippen LogP contribution in [0.15, 0.2) is 30.3 Å². The van der Waals surface area contributed by atoms with E-state index in [-0.39, 0.29) is 5.56 Å². The second-order valence-corrected chi connectivity index (χ2v) is 5.48. The van der Waals surface area contributed by atoms with Crippen LogP contribution < -0.4 is 14.8 Å². The minimum Gasteiger partial charge on any atom is -0.495 e. The van der Waals surface area contributed by atoms with Crippen LogP contribution in [0.25, 0.3) is 0 Å². The van der Waals surface area contributed by atoms with Crippen LogP contribution in [0, 0.1) is 0 Å². The minimum atomic E-state index is -1.01. The molecule has 122 valence electrons. The maximum atomic E-state index is 11.1. The number of carbonyl (C=O) groups is 1. The number of carboxylic acid groups (broad SMARTS) is 1. The SMILES string of the molecule is COc1ccc(C(=O)O)cc1NCc1cc(Cl)c(OC)c(Cl)c1. The number of halogens is 2. The van der Waals surface area contributed by atoms with Crippen LogP contribution in [-0.2, 0) is 6.54 Å². The van der Waals surface area contributed by atoms with Crippen LogP contribution in [0.1, 0.15) is 15.9 Å². The molecule has 0 amide bonds. The average molecular weight is 356 g/mol. The van der Waals surface area contributed by atoms with Gasteiger partial charge in [0.05, 0.1) is 35.5 Å². The summed E-state index contributed by atoms with van der Waals surface area (Å²) in [6.07, 6.45) is 0. The van der Waals surface area contributed by atoms with E-state index in [9.17, 15) is 4.79 Å². The molecule has 0 aromatic heterocycles. The summed E-state index contributed by atoms with van der Waals surface area (Å²) in [5.41, 5.74) is 1.55. The number of hydrogen-bond donors (Lipinski definition) is 2. The number of ether oxygens (including phenoxy) is 2. The van der Waals surface area contributed by atoms with Gasteiger partial charge in [-0.25, -0.2) is 4.79 Å². The normalized spacial score (nSPS) is 10.3. The van der Waals surface area contributed by atoms with Crippen molar-refractivity contribution in [3.63, 3.8) is 0 Å². The van der Waals surface area contributed by atoms with Gasteiger partial charge in [-0.1, -0.05) is 23.2 Å². The molecule has 0 saturated heterocycles. The van der Waals surface area contributed by atoms with Crippen LogP contribution in [0.5, 0.6) is 11.5 Å². The van der Waals surface area contributed by atoms with E-state index in [1.54, 1.807) is 18.2 Å². The fraction of sp³-hybridized carbons (Fsp3) is 0.188. The first-order valence-electron chi connectivity index (χ1n) is 6.63. The van der Waals surface area contributed by atoms with Gasteiger partial charge in [0, 0.05) is 6.54 Å². The Labute approximate surface area is 143 Å². The molecular formula is C16H15Cl2NO4. The first kappa shape index (κ1) is 17.2. The van der Waals surface area contributed by atoms with Crippen molar-refractivity contribution in [2.45, 2.75) is 6.54 Å². The largest absolute Gasteiger partial charge is 0.495 e. The Morgan fingerprint density at radius 2 is 1.78 bits per heavy atom. The van der Waals surface area contributed by atoms with Crippen molar-refractivity contribution in [3.05, 3.63) is 51.5 Å². The van der Waals surface area contributed by atoms with Gasteiger partial charge in [-0.15, -0.1) is 0 Å². The molecule has 0 aliphatic heterocycles. The van der Waals surface area contributed by atoms with Crippen molar-refractivity contribution < 1.29 is 19.4 Å². The van der Waals surface area contributed by atoms with Gasteiger partial charge in [0.15, 0.2) is 5.75 Å². The maximum Gasteiger partial charge on any atom is 0.335 e. The molecule has 5 nitrogen and oxygen atoms in total. The molecule has 0 radical (unpaired) electrons. The van der Waals surface area contributed by atoms with Crippen molar-refractivity contribution in [2.24, 2.45) is 0 Å². The molecule has 0 aliphatic carbocycles. The lowest BCUT2D eigenvalue weighted by Gasteiger charge is -2.13. The Kier molecular flexibility index (Phi) is 5.58. The first-order chi connectivity index (χ1) is 11.0. The lowest BCUT2D eigenvalue weighted by molar-refractivity contribution is 0.0697. The summed E-state index contributed by atoms with van der Waals surface area (Å²) in [5, 5.41) is 13.0. The lowest BCUT2D eigenvalue weighted by atomic mass is 10.1. The monoisotopic (exact) mass is 355 g/mol. The Morgan fingerprint density at radius 1 is 1.13 bits per heavy atom. The summed E-state index contributed by atoms with van der Waals surface area (Å²) in [4.78, 5) is 11.1. The summed E-state index contributed by atoms with van der Waals surface area (Å²) in [5.74, 6) is -0.0468. The number of methoxy groups -OCH3 is 2. The van der Waals surface area contributed by atoms with E-state index in [4.69, 9.17) is 37.8 Å². The van der Waals surface area contributed by atoms with Gasteiger partial charge in [-0.3, -0.25) is 0 Å². The van der Waals surface area contributed by atoms with E-state index in [2.05, 4.69) is 5.32 Å². The van der Waals surface area contributed by atoms with E-state index in [0.29, 0.717) is 33.8 Å². The number of anilines is 1. The predicted octanol–water partition coefficient (Wildman–Crippen LogP) is 4.32. The second kappa shape index (κ2) is 7.44. The van der Waals surface area contributed by atoms with Gasteiger partial charge in [0.1, 0.15) is 5.75 Å². The third-order valence-corrected chi connectivity index (χ3v) is 3.75. The molecule has 0 fully saturated rings. The number of nitrogens with one attached hydrogen (secondary N) is 1. The molecule has 0 aliphatic rings. The fourth-order valence-electron chi connectivity index (χ4n) is 2.09. The first-order valence-corrected chi connectivity index (χ1v) is 7.39. The van der Waals surface area contributed by atoms with Gasteiger partial charge in [0.25, 0.3) is 0 Å². The predicted molar refractivity (Wildman–Crippen MR) is 90.3 cm³/mol. The minimum absolute atomic E-state index is 0.166. The molecule has 0 saturated carbocycles. The molecule has 0 heterocycles. The molecular weight excluding hydrogens is 341 g/mol. The molecule has 0 spiro atoms. The zero-order valence-electron chi connectivity index (χ0n) is 12.5. The summed E-state index contributed by atoms with van der Waals surface area (Å²) < 4.78 is 10.3. The van der Waals surface area contributed by atoms with Crippen molar-refractivity contribution in [1.29, 1.82) is 0 Å². The number of rotatable bonds is 6. The Hall–Kier alpha value is -2.11. The standard InChI is InChI=1S/C16H15Cl2NO4/c1-22-14-4-3-10(16(20)21)7-13(14)19-8-9-5-11(17)15(23-2)12(18)6-9/h3-7,19H,8H2,1-2H3,(H,20,21). The second-order valence-electron chi connectivity index (χ2n) is 4.67. The molecule has 0 atom stereocenters. The van der Waals surface area contributed by atoms with Gasteiger partial charge in [-0.05, 0) is 35.9 Å². The Morgan fingerprint density at radius 3 is 2.30 bits per heavy atom. The zero-order chi connectivity index (χ0) is 17.0. The number of hydrogen-bond acceptors (Lipinski definition) is 4. The van der Waals surface area contributed by atoms with E-state index < -0.39 is 5.97 Å². The fourth-order valence-corrected chi connectivity index (χ4v) is 2.77. The Balaban J connectivity index is 2.23. The highest BCUT2D eigenvalue weighted by Crippen LogP contribution is 2.34. The summed E-state index contributed by atoms with van der Waals surface area (Å²) in [7, 11) is 3.01. The molecule has 2 N–H and O–H groups in total. The molecule has 2 rings (SSSR count). The molecule has 2 aromatic rings. The summed E-state index contributed by atoms with van der Waals surface area (Å²) >= 11 is 12.2. The zero-order valence-corrected chi connectivity index (χ0v) is 14.0. The highest BCUT2D eigenvalue weighted by molar-refractivity contribution is 6.37.